The fourth-order valence-electron chi connectivity index (χ4n) is 0.755. The molecule has 0 aromatic carbocycles. The van der Waals surface area contributed by atoms with Crippen molar-refractivity contribution in [1.29, 1.82) is 0 Å². The number of carbonyl (C=O) groups is 4. The summed E-state index contributed by atoms with van der Waals surface area (Å²) in [5, 5.41) is 52.4. The van der Waals surface area contributed by atoms with Crippen LogP contribution in [0, 0.1) is 0 Å². The molecule has 23 heavy (non-hydrogen) atoms. The number of ether oxygens (including phenoxy) is 2. The molecule has 0 heterocycles. The molecule has 0 saturated heterocycles. The van der Waals surface area contributed by atoms with E-state index in [-0.39, 0.29) is 49.1 Å². The van der Waals surface area contributed by atoms with Crippen molar-refractivity contribution in [3.05, 3.63) is 0 Å². The molecule has 12 nitrogen and oxygen atoms in total. The summed E-state index contributed by atoms with van der Waals surface area (Å²) in [7, 11) is 0. The van der Waals surface area contributed by atoms with Gasteiger partial charge in [-0.3, -0.25) is 0 Å². The van der Waals surface area contributed by atoms with Gasteiger partial charge in [0.2, 0.25) is 0 Å². The predicted molar refractivity (Wildman–Crippen MR) is 65.0 cm³/mol. The van der Waals surface area contributed by atoms with E-state index in [4.69, 9.17) is 20.4 Å². The molecule has 0 spiro atoms. The second-order valence-electron chi connectivity index (χ2n) is 3.48. The largest absolute Gasteiger partial charge is 2.00 e. The number of hydrogen-bond donors (Lipinski definition) is 4. The first-order valence-electron chi connectivity index (χ1n) is 5.57. The van der Waals surface area contributed by atoms with Gasteiger partial charge >= 0.3 is 35.0 Å². The van der Waals surface area contributed by atoms with Crippen molar-refractivity contribution in [2.45, 2.75) is 25.0 Å². The van der Waals surface area contributed by atoms with Gasteiger partial charge in [0.1, 0.15) is 0 Å². The molecule has 0 bridgehead atoms. The Morgan fingerprint density at radius 2 is 1.04 bits per heavy atom. The maximum absolute atomic E-state index is 9.91. The molecule has 0 fully saturated rings. The second-order valence-corrected chi connectivity index (χ2v) is 3.48. The van der Waals surface area contributed by atoms with E-state index < -0.39 is 36.5 Å². The molecular formula is C10H14MgO12. The fourth-order valence-corrected chi connectivity index (χ4v) is 0.755. The number of aliphatic hydroxyl groups is 2. The van der Waals surface area contributed by atoms with Gasteiger partial charge in [-0.1, -0.05) is 0 Å². The van der Waals surface area contributed by atoms with Crippen LogP contribution in [0.15, 0.2) is 0 Å². The molecule has 0 aromatic heterocycles. The number of hydrogen-bond acceptors (Lipinski definition) is 10. The molecule has 0 rings (SSSR count). The van der Waals surface area contributed by atoms with E-state index in [0.717, 1.165) is 0 Å². The zero-order valence-corrected chi connectivity index (χ0v) is 13.2. The minimum absolute atomic E-state index is 0. The molecule has 128 valence electrons. The van der Waals surface area contributed by atoms with Gasteiger partial charge in [-0.05, 0) is 0 Å². The molecule has 0 saturated carbocycles. The van der Waals surface area contributed by atoms with E-state index in [1.165, 1.54) is 0 Å². The van der Waals surface area contributed by atoms with Crippen molar-refractivity contribution in [3.8, 4) is 0 Å². The monoisotopic (exact) mass is 350 g/mol. The molecule has 4 N–H and O–H groups in total. The van der Waals surface area contributed by atoms with Crippen LogP contribution in [0.1, 0.15) is 12.8 Å². The molecule has 0 radical (unpaired) electrons. The Morgan fingerprint density at radius 1 is 0.783 bits per heavy atom. The van der Waals surface area contributed by atoms with Crippen LogP contribution in [-0.4, -0.2) is 93.1 Å². The van der Waals surface area contributed by atoms with Crippen LogP contribution < -0.4 is 10.2 Å². The van der Waals surface area contributed by atoms with Gasteiger partial charge in [-0.15, -0.1) is 0 Å². The summed E-state index contributed by atoms with van der Waals surface area (Å²) in [6.07, 6.45) is -7.19. The maximum atomic E-state index is 9.91. The summed E-state index contributed by atoms with van der Waals surface area (Å²) in [6.45, 7) is -0.758. The third-order valence-electron chi connectivity index (χ3n) is 1.79. The van der Waals surface area contributed by atoms with Crippen LogP contribution in [0.25, 0.3) is 0 Å². The van der Waals surface area contributed by atoms with Crippen LogP contribution in [0.3, 0.4) is 0 Å². The van der Waals surface area contributed by atoms with E-state index in [0.29, 0.717) is 0 Å². The average molecular weight is 351 g/mol. The second kappa shape index (κ2) is 15.1. The Kier molecular flexibility index (Phi) is 17.1. The Labute approximate surface area is 145 Å². The van der Waals surface area contributed by atoms with Crippen molar-refractivity contribution in [1.82, 2.24) is 0 Å². The molecule has 2 atom stereocenters. The van der Waals surface area contributed by atoms with Crippen LogP contribution in [0.5, 0.6) is 0 Å². The number of carboxylic acids is 2. The van der Waals surface area contributed by atoms with Gasteiger partial charge < -0.3 is 49.7 Å². The van der Waals surface area contributed by atoms with Crippen molar-refractivity contribution in [2.75, 3.05) is 13.2 Å². The molecule has 0 aromatic rings. The summed E-state index contributed by atoms with van der Waals surface area (Å²) >= 11 is 0. The molecular weight excluding hydrogens is 336 g/mol. The number of aliphatic carboxylic acids is 2. The Morgan fingerprint density at radius 3 is 1.22 bits per heavy atom. The Bertz CT molecular complexity index is 348. The molecule has 0 aliphatic rings. The van der Waals surface area contributed by atoms with E-state index in [1.54, 1.807) is 0 Å². The van der Waals surface area contributed by atoms with Gasteiger partial charge in [0, 0.05) is 26.1 Å². The minimum atomic E-state index is -1.73. The number of carboxylic acid groups (broad SMARTS) is 4. The van der Waals surface area contributed by atoms with Gasteiger partial charge in [-0.2, -0.15) is 0 Å². The zero-order valence-electron chi connectivity index (χ0n) is 11.7. The SMILES string of the molecule is O=C([O-])OCCC(O)C(=O)O.O=C([O-])OCCC(O)C(=O)O.[Mg+2]. The third kappa shape index (κ3) is 20.2. The van der Waals surface area contributed by atoms with Gasteiger partial charge in [-0.25, -0.2) is 9.59 Å². The smallest absolute Gasteiger partial charge is 0.550 e. The van der Waals surface area contributed by atoms with E-state index in [2.05, 4.69) is 9.47 Å². The topological polar surface area (TPSA) is 214 Å². The average Bonchev–Trinajstić information content (AvgIpc) is 2.38. The Hall–Kier alpha value is -1.83. The van der Waals surface area contributed by atoms with E-state index in [1.807, 2.05) is 0 Å². The third-order valence-corrected chi connectivity index (χ3v) is 1.79. The van der Waals surface area contributed by atoms with Crippen molar-refractivity contribution in [3.63, 3.8) is 0 Å². The summed E-state index contributed by atoms with van der Waals surface area (Å²) in [6, 6.07) is 0. The summed E-state index contributed by atoms with van der Waals surface area (Å²) in [4.78, 5) is 39.0. The normalized spacial score (nSPS) is 11.6. The van der Waals surface area contributed by atoms with E-state index in [9.17, 15) is 29.4 Å². The minimum Gasteiger partial charge on any atom is -0.550 e. The summed E-state index contributed by atoms with van der Waals surface area (Å²) in [5.74, 6) is -2.82. The van der Waals surface area contributed by atoms with Crippen LogP contribution in [0.4, 0.5) is 9.59 Å². The Balaban J connectivity index is -0.000000333. The standard InChI is InChI=1S/2C5H8O6.Mg/c2*6-3(4(7)8)1-2-11-5(9)10;/h2*3,6H,1-2H2,(H,7,8)(H,9,10);/q;;+2/p-2. The number of aliphatic hydroxyl groups excluding tert-OH is 2. The first-order valence-corrected chi connectivity index (χ1v) is 5.57. The molecule has 0 amide bonds. The molecule has 0 aliphatic carbocycles. The number of rotatable bonds is 8. The van der Waals surface area contributed by atoms with Crippen LogP contribution in [0.2, 0.25) is 0 Å². The first kappa shape index (κ1) is 26.1. The summed E-state index contributed by atoms with van der Waals surface area (Å²) in [5.41, 5.74) is 0. The van der Waals surface area contributed by atoms with Gasteiger partial charge in [0.15, 0.2) is 12.2 Å². The quantitative estimate of drug-likeness (QED) is 0.243. The summed E-state index contributed by atoms with van der Waals surface area (Å²) < 4.78 is 7.69. The van der Waals surface area contributed by atoms with Gasteiger partial charge in [0.05, 0.1) is 0 Å². The van der Waals surface area contributed by atoms with Crippen LogP contribution >= 0.6 is 0 Å². The zero-order chi connectivity index (χ0) is 17.7. The maximum Gasteiger partial charge on any atom is 2.00 e. The predicted octanol–water partition coefficient (Wildman–Crippen LogP) is -4.02. The molecule has 13 heteroatoms. The van der Waals surface area contributed by atoms with Crippen molar-refractivity contribution < 1.29 is 59.3 Å². The molecule has 2 unspecified atom stereocenters. The van der Waals surface area contributed by atoms with Crippen molar-refractivity contribution in [2.24, 2.45) is 0 Å². The van der Waals surface area contributed by atoms with Crippen molar-refractivity contribution >= 4 is 47.3 Å². The van der Waals surface area contributed by atoms with Crippen LogP contribution in [-0.2, 0) is 19.1 Å². The fraction of sp³-hybridized carbons (Fsp3) is 0.600. The first-order chi connectivity index (χ1) is 10.1. The molecule has 0 aliphatic heterocycles. The number of carbonyl (C=O) groups excluding carboxylic acids is 2. The van der Waals surface area contributed by atoms with E-state index >= 15 is 0 Å². The van der Waals surface area contributed by atoms with Gasteiger partial charge in [0.25, 0.3) is 12.3 Å².